The Bertz CT molecular complexity index is 190. The lowest BCUT2D eigenvalue weighted by atomic mass is 10.4. The third-order valence-electron chi connectivity index (χ3n) is 0.946. The van der Waals surface area contributed by atoms with Gasteiger partial charge >= 0.3 is 14.0 Å². The lowest BCUT2D eigenvalue weighted by Crippen LogP contribution is -2.01. The molecule has 0 saturated heterocycles. The molecule has 2 N–H and O–H groups in total. The molecule has 1 unspecified atom stereocenters. The molecule has 0 saturated carbocycles. The van der Waals surface area contributed by atoms with Crippen molar-refractivity contribution in [2.75, 3.05) is 6.61 Å². The van der Waals surface area contributed by atoms with E-state index in [9.17, 15) is 9.36 Å². The van der Waals surface area contributed by atoms with Gasteiger partial charge in [0.25, 0.3) is 0 Å². The number of hydrogen-bond acceptors (Lipinski definition) is 4. The fraction of sp³-hybridized carbons (Fsp3) is 0.800. The van der Waals surface area contributed by atoms with Crippen molar-refractivity contribution < 1.29 is 28.4 Å². The molecule has 7 heteroatoms. The van der Waals surface area contributed by atoms with E-state index in [1.165, 1.54) is 0 Å². The summed E-state index contributed by atoms with van der Waals surface area (Å²) in [4.78, 5) is 18.5. The highest BCUT2D eigenvalue weighted by molar-refractivity contribution is 7.48. The van der Waals surface area contributed by atoms with Crippen molar-refractivity contribution in [2.45, 2.75) is 19.8 Å². The molecule has 1 atom stereocenters. The number of phosphoric acid groups is 1. The van der Waals surface area contributed by atoms with Crippen molar-refractivity contribution >= 4 is 14.0 Å². The van der Waals surface area contributed by atoms with Gasteiger partial charge in [-0.05, 0) is 6.42 Å². The zero-order chi connectivity index (χ0) is 9.61. The molecule has 0 heterocycles. The first kappa shape index (κ1) is 11.4. The Morgan fingerprint density at radius 2 is 2.17 bits per heavy atom. The van der Waals surface area contributed by atoms with Crippen LogP contribution in [0.3, 0.4) is 0 Å². The largest absolute Gasteiger partial charge is 0.531 e. The molecule has 0 spiro atoms. The summed E-state index contributed by atoms with van der Waals surface area (Å²) in [6.45, 7) is 1.88. The number of rotatable bonds is 5. The van der Waals surface area contributed by atoms with Gasteiger partial charge in [0.1, 0.15) is 0 Å². The Hall–Kier alpha value is -0.580. The molecule has 0 aliphatic heterocycles. The molecule has 0 radical (unpaired) electrons. The van der Waals surface area contributed by atoms with Crippen LogP contribution in [-0.2, 0) is 13.6 Å². The third-order valence-corrected chi connectivity index (χ3v) is 1.84. The van der Waals surface area contributed by atoms with E-state index < -0.39 is 14.0 Å². The average Bonchev–Trinajstić information content (AvgIpc) is 1.84. The molecule has 0 amide bonds. The zero-order valence-electron chi connectivity index (χ0n) is 6.60. The highest BCUT2D eigenvalue weighted by Crippen LogP contribution is 2.43. The number of carbonyl (C=O) groups is 1. The molecule has 0 bridgehead atoms. The van der Waals surface area contributed by atoms with Gasteiger partial charge in [0.15, 0.2) is 0 Å². The first-order valence-electron chi connectivity index (χ1n) is 3.38. The fourth-order valence-corrected chi connectivity index (χ4v) is 1.06. The van der Waals surface area contributed by atoms with Gasteiger partial charge in [-0.2, -0.15) is 0 Å². The first-order chi connectivity index (χ1) is 5.48. The van der Waals surface area contributed by atoms with Gasteiger partial charge in [0, 0.05) is 0 Å². The fourth-order valence-electron chi connectivity index (χ4n) is 0.449. The summed E-state index contributed by atoms with van der Waals surface area (Å²) in [6.07, 6.45) is -0.460. The normalized spacial score (nSPS) is 15.2. The van der Waals surface area contributed by atoms with Gasteiger partial charge in [-0.15, -0.1) is 0 Å². The maximum Gasteiger partial charge on any atom is 0.531 e. The van der Waals surface area contributed by atoms with Crippen LogP contribution in [-0.4, -0.2) is 22.8 Å². The predicted octanol–water partition coefficient (Wildman–Crippen LogP) is 1.60. The summed E-state index contributed by atoms with van der Waals surface area (Å²) in [5.41, 5.74) is 0. The van der Waals surface area contributed by atoms with Crippen LogP contribution in [0, 0.1) is 0 Å². The standard InChI is InChI=1S/C5H11O6P/c1-2-3-4-10-12(8,9)11-5(6)7/h2-4H2,1H3,(H,6,7)(H,8,9). The summed E-state index contributed by atoms with van der Waals surface area (Å²) >= 11 is 0. The second-order valence-electron chi connectivity index (χ2n) is 2.01. The van der Waals surface area contributed by atoms with E-state index in [1.54, 1.807) is 0 Å². The molecular formula is C5H11O6P. The summed E-state index contributed by atoms with van der Waals surface area (Å²) < 4.78 is 18.5. The molecule has 0 aromatic carbocycles. The minimum absolute atomic E-state index is 0.0115. The van der Waals surface area contributed by atoms with Gasteiger partial charge in [-0.3, -0.25) is 9.42 Å². The van der Waals surface area contributed by atoms with Gasteiger partial charge < -0.3 is 9.63 Å². The van der Waals surface area contributed by atoms with E-state index in [4.69, 9.17) is 10.00 Å². The van der Waals surface area contributed by atoms with E-state index in [0.717, 1.165) is 6.42 Å². The Kier molecular flexibility index (Phi) is 4.89. The lowest BCUT2D eigenvalue weighted by molar-refractivity contribution is 0.112. The topological polar surface area (TPSA) is 93.1 Å². The molecule has 0 aliphatic rings. The van der Waals surface area contributed by atoms with Crippen molar-refractivity contribution in [1.82, 2.24) is 0 Å². The summed E-state index contributed by atoms with van der Waals surface area (Å²) in [6, 6.07) is 0. The number of carboxylic acid groups (broad SMARTS) is 1. The van der Waals surface area contributed by atoms with Crippen molar-refractivity contribution in [2.24, 2.45) is 0 Å². The molecule has 12 heavy (non-hydrogen) atoms. The van der Waals surface area contributed by atoms with Crippen molar-refractivity contribution in [3.8, 4) is 0 Å². The van der Waals surface area contributed by atoms with Crippen LogP contribution < -0.4 is 0 Å². The monoisotopic (exact) mass is 198 g/mol. The highest BCUT2D eigenvalue weighted by atomic mass is 31.2. The van der Waals surface area contributed by atoms with Crippen LogP contribution in [0.5, 0.6) is 0 Å². The van der Waals surface area contributed by atoms with Crippen molar-refractivity contribution in [1.29, 1.82) is 0 Å². The molecule has 0 aliphatic carbocycles. The van der Waals surface area contributed by atoms with E-state index in [2.05, 4.69) is 9.05 Å². The summed E-state index contributed by atoms with van der Waals surface area (Å²) in [7, 11) is -4.38. The smallest absolute Gasteiger partial charge is 0.449 e. The van der Waals surface area contributed by atoms with Gasteiger partial charge in [0.2, 0.25) is 0 Å². The average molecular weight is 198 g/mol. The molecule has 0 aromatic rings. The zero-order valence-corrected chi connectivity index (χ0v) is 7.49. The molecule has 0 fully saturated rings. The Labute approximate surface area is 69.7 Å². The highest BCUT2D eigenvalue weighted by Gasteiger charge is 2.25. The SMILES string of the molecule is CCCCOP(=O)(O)OC(=O)O. The van der Waals surface area contributed by atoms with Crippen LogP contribution >= 0.6 is 7.82 Å². The van der Waals surface area contributed by atoms with Gasteiger partial charge in [0.05, 0.1) is 6.61 Å². The van der Waals surface area contributed by atoms with Crippen LogP contribution in [0.25, 0.3) is 0 Å². The van der Waals surface area contributed by atoms with Gasteiger partial charge in [-0.25, -0.2) is 9.36 Å². The Morgan fingerprint density at radius 3 is 2.58 bits per heavy atom. The molecule has 6 nitrogen and oxygen atoms in total. The second-order valence-corrected chi connectivity index (χ2v) is 3.39. The minimum Gasteiger partial charge on any atom is -0.449 e. The molecule has 72 valence electrons. The predicted molar refractivity (Wildman–Crippen MR) is 39.8 cm³/mol. The summed E-state index contributed by atoms with van der Waals surface area (Å²) in [5.74, 6) is 0. The van der Waals surface area contributed by atoms with E-state index in [1.807, 2.05) is 6.92 Å². The van der Waals surface area contributed by atoms with Crippen LogP contribution in [0.4, 0.5) is 4.79 Å². The first-order valence-corrected chi connectivity index (χ1v) is 4.87. The van der Waals surface area contributed by atoms with E-state index in [-0.39, 0.29) is 6.61 Å². The number of unbranched alkanes of at least 4 members (excludes halogenated alkanes) is 1. The van der Waals surface area contributed by atoms with Crippen molar-refractivity contribution in [3.05, 3.63) is 0 Å². The third kappa shape index (κ3) is 6.15. The Balaban J connectivity index is 3.72. The number of hydrogen-bond donors (Lipinski definition) is 2. The van der Waals surface area contributed by atoms with E-state index in [0.29, 0.717) is 6.42 Å². The van der Waals surface area contributed by atoms with Crippen molar-refractivity contribution in [3.63, 3.8) is 0 Å². The Morgan fingerprint density at radius 1 is 1.58 bits per heavy atom. The molecule has 0 aromatic heterocycles. The number of phosphoric ester groups is 1. The van der Waals surface area contributed by atoms with E-state index >= 15 is 0 Å². The van der Waals surface area contributed by atoms with Crippen LogP contribution in [0.2, 0.25) is 0 Å². The second kappa shape index (κ2) is 5.13. The molecule has 0 rings (SSSR count). The quantitative estimate of drug-likeness (QED) is 0.514. The van der Waals surface area contributed by atoms with Crippen LogP contribution in [0.1, 0.15) is 19.8 Å². The minimum atomic E-state index is -4.38. The van der Waals surface area contributed by atoms with Gasteiger partial charge in [-0.1, -0.05) is 13.3 Å². The van der Waals surface area contributed by atoms with Crippen LogP contribution in [0.15, 0.2) is 0 Å². The maximum atomic E-state index is 10.6. The summed E-state index contributed by atoms with van der Waals surface area (Å²) in [5, 5.41) is 7.97. The lowest BCUT2D eigenvalue weighted by Gasteiger charge is -2.08. The maximum absolute atomic E-state index is 10.6. The molecular weight excluding hydrogens is 187 g/mol.